The van der Waals surface area contributed by atoms with Crippen LogP contribution in [0.1, 0.15) is 46.5 Å². The van der Waals surface area contributed by atoms with E-state index in [4.69, 9.17) is 4.74 Å². The summed E-state index contributed by atoms with van der Waals surface area (Å²) in [5.74, 6) is -0.253. The average Bonchev–Trinajstić information content (AvgIpc) is 2.63. The van der Waals surface area contributed by atoms with E-state index in [0.717, 1.165) is 19.3 Å². The molecule has 0 N–H and O–H groups in total. The van der Waals surface area contributed by atoms with Gasteiger partial charge >= 0.3 is 5.97 Å². The molecule has 0 bridgehead atoms. The predicted octanol–water partition coefficient (Wildman–Crippen LogP) is 2.89. The summed E-state index contributed by atoms with van der Waals surface area (Å²) in [6, 6.07) is 0. The van der Waals surface area contributed by atoms with Gasteiger partial charge in [-0.1, -0.05) is 19.1 Å². The van der Waals surface area contributed by atoms with Gasteiger partial charge in [-0.3, -0.25) is 9.59 Å². The number of carbonyl (C=O) groups excluding carboxylic acids is 2. The molecule has 3 atom stereocenters. The Morgan fingerprint density at radius 2 is 2.11 bits per heavy atom. The summed E-state index contributed by atoms with van der Waals surface area (Å²) in [4.78, 5) is 24.5. The van der Waals surface area contributed by atoms with Crippen molar-refractivity contribution in [1.82, 2.24) is 0 Å². The Balaban J connectivity index is 2.41. The second-order valence-electron chi connectivity index (χ2n) is 5.96. The van der Waals surface area contributed by atoms with Gasteiger partial charge < -0.3 is 4.74 Å². The summed E-state index contributed by atoms with van der Waals surface area (Å²) in [6.45, 7) is 10.2. The van der Waals surface area contributed by atoms with E-state index in [1.54, 1.807) is 13.8 Å². The van der Waals surface area contributed by atoms with E-state index in [1.165, 1.54) is 5.57 Å². The van der Waals surface area contributed by atoms with Gasteiger partial charge in [-0.05, 0) is 44.4 Å². The van der Waals surface area contributed by atoms with Crippen LogP contribution in [-0.2, 0) is 14.3 Å². The van der Waals surface area contributed by atoms with Crippen LogP contribution < -0.4 is 0 Å². The van der Waals surface area contributed by atoms with Crippen LogP contribution in [-0.4, -0.2) is 18.4 Å². The van der Waals surface area contributed by atoms with E-state index in [-0.39, 0.29) is 23.1 Å². The predicted molar refractivity (Wildman–Crippen MR) is 69.0 cm³/mol. The molecule has 0 spiro atoms. The van der Waals surface area contributed by atoms with Crippen molar-refractivity contribution in [3.8, 4) is 0 Å². The molecule has 0 aromatic heterocycles. The lowest BCUT2D eigenvalue weighted by atomic mass is 9.56. The van der Waals surface area contributed by atoms with Crippen LogP contribution in [0.3, 0.4) is 0 Å². The summed E-state index contributed by atoms with van der Waals surface area (Å²) >= 11 is 0. The Kier molecular flexibility index (Phi) is 3.12. The molecule has 0 unspecified atom stereocenters. The van der Waals surface area contributed by atoms with Gasteiger partial charge in [0.15, 0.2) is 0 Å². The molecule has 3 nitrogen and oxygen atoms in total. The molecule has 2 rings (SSSR count). The number of carbonyl (C=O) groups is 2. The third-order valence-corrected chi connectivity index (χ3v) is 5.16. The normalized spacial score (nSPS) is 39.6. The molecule has 0 aromatic carbocycles. The van der Waals surface area contributed by atoms with Crippen LogP contribution in [0, 0.1) is 16.7 Å². The zero-order valence-electron chi connectivity index (χ0n) is 11.5. The maximum absolute atomic E-state index is 12.3. The highest BCUT2D eigenvalue weighted by atomic mass is 16.5. The van der Waals surface area contributed by atoms with Crippen LogP contribution >= 0.6 is 0 Å². The quantitative estimate of drug-likeness (QED) is 0.430. The van der Waals surface area contributed by atoms with E-state index in [1.807, 2.05) is 0 Å². The first kappa shape index (κ1) is 13.3. The number of ether oxygens (including phenoxy) is 1. The molecule has 0 aliphatic heterocycles. The minimum atomic E-state index is -0.970. The molecule has 0 radical (unpaired) electrons. The van der Waals surface area contributed by atoms with E-state index in [9.17, 15) is 9.59 Å². The van der Waals surface area contributed by atoms with Crippen molar-refractivity contribution >= 4 is 11.8 Å². The van der Waals surface area contributed by atoms with Gasteiger partial charge in [0.1, 0.15) is 11.2 Å². The first-order valence-electron chi connectivity index (χ1n) is 6.76. The number of ketones is 1. The summed E-state index contributed by atoms with van der Waals surface area (Å²) in [5, 5.41) is 0. The number of Topliss-reactive ketones (excluding diaryl/α,β-unsaturated/α-hetero) is 1. The van der Waals surface area contributed by atoms with Crippen LogP contribution in [0.15, 0.2) is 12.2 Å². The van der Waals surface area contributed by atoms with Crippen molar-refractivity contribution in [2.45, 2.75) is 46.5 Å². The first-order valence-corrected chi connectivity index (χ1v) is 6.76. The van der Waals surface area contributed by atoms with Crippen molar-refractivity contribution in [2.75, 3.05) is 6.61 Å². The Labute approximate surface area is 109 Å². The lowest BCUT2D eigenvalue weighted by molar-refractivity contribution is -0.168. The molecular weight excluding hydrogens is 228 g/mol. The van der Waals surface area contributed by atoms with Gasteiger partial charge in [0.25, 0.3) is 0 Å². The van der Waals surface area contributed by atoms with E-state index >= 15 is 0 Å². The first-order chi connectivity index (χ1) is 8.37. The van der Waals surface area contributed by atoms with Gasteiger partial charge in [-0.2, -0.15) is 0 Å². The highest BCUT2D eigenvalue weighted by Gasteiger charge is 2.61. The maximum atomic E-state index is 12.3. The van der Waals surface area contributed by atoms with Crippen molar-refractivity contribution in [1.29, 1.82) is 0 Å². The van der Waals surface area contributed by atoms with Crippen LogP contribution in [0.25, 0.3) is 0 Å². The number of hydrogen-bond acceptors (Lipinski definition) is 3. The van der Waals surface area contributed by atoms with Crippen molar-refractivity contribution in [3.05, 3.63) is 12.2 Å². The highest BCUT2D eigenvalue weighted by molar-refractivity contribution is 6.04. The zero-order chi connectivity index (χ0) is 13.6. The molecule has 0 saturated heterocycles. The second kappa shape index (κ2) is 4.22. The SMILES string of the molecule is C=C1CC[C@@H]2[C@@](C)(C(=O)OCC)C(=O)CC[C@]12C. The van der Waals surface area contributed by atoms with Crippen LogP contribution in [0.4, 0.5) is 0 Å². The van der Waals surface area contributed by atoms with E-state index < -0.39 is 5.41 Å². The van der Waals surface area contributed by atoms with Crippen molar-refractivity contribution in [2.24, 2.45) is 16.7 Å². The molecule has 2 aliphatic rings. The molecule has 18 heavy (non-hydrogen) atoms. The molecule has 100 valence electrons. The lowest BCUT2D eigenvalue weighted by Crippen LogP contribution is -2.52. The van der Waals surface area contributed by atoms with E-state index in [2.05, 4.69) is 13.5 Å². The third kappa shape index (κ3) is 1.56. The summed E-state index contributed by atoms with van der Waals surface area (Å²) in [7, 11) is 0. The molecule has 0 aromatic rings. The summed E-state index contributed by atoms with van der Waals surface area (Å²) in [5.41, 5.74) is 0.147. The Hall–Kier alpha value is -1.12. The van der Waals surface area contributed by atoms with Crippen LogP contribution in [0.5, 0.6) is 0 Å². The van der Waals surface area contributed by atoms with E-state index in [0.29, 0.717) is 13.0 Å². The number of fused-ring (bicyclic) bond motifs is 1. The molecule has 2 aliphatic carbocycles. The fourth-order valence-corrected chi connectivity index (χ4v) is 3.81. The number of rotatable bonds is 2. The largest absolute Gasteiger partial charge is 0.465 e. The third-order valence-electron chi connectivity index (χ3n) is 5.16. The smallest absolute Gasteiger partial charge is 0.319 e. The van der Waals surface area contributed by atoms with Gasteiger partial charge in [0.2, 0.25) is 0 Å². The lowest BCUT2D eigenvalue weighted by Gasteiger charge is -2.46. The number of hydrogen-bond donors (Lipinski definition) is 0. The Bertz CT molecular complexity index is 412. The molecule has 0 heterocycles. The summed E-state index contributed by atoms with van der Waals surface area (Å²) in [6.07, 6.45) is 3.07. The Morgan fingerprint density at radius 3 is 2.72 bits per heavy atom. The van der Waals surface area contributed by atoms with Crippen molar-refractivity contribution in [3.63, 3.8) is 0 Å². The second-order valence-corrected chi connectivity index (χ2v) is 5.96. The fourth-order valence-electron chi connectivity index (χ4n) is 3.81. The molecule has 2 fully saturated rings. The van der Waals surface area contributed by atoms with Gasteiger partial charge in [-0.25, -0.2) is 0 Å². The Morgan fingerprint density at radius 1 is 1.44 bits per heavy atom. The number of esters is 1. The van der Waals surface area contributed by atoms with Gasteiger partial charge in [0, 0.05) is 6.42 Å². The minimum absolute atomic E-state index is 0.0399. The minimum Gasteiger partial charge on any atom is -0.465 e. The maximum Gasteiger partial charge on any atom is 0.319 e. The highest BCUT2D eigenvalue weighted by Crippen LogP contribution is 2.60. The number of allylic oxidation sites excluding steroid dienone is 1. The van der Waals surface area contributed by atoms with Crippen LogP contribution in [0.2, 0.25) is 0 Å². The summed E-state index contributed by atoms with van der Waals surface area (Å²) < 4.78 is 5.15. The standard InChI is InChI=1S/C15H22O3/c1-5-18-13(17)15(4)11-7-6-10(2)14(11,3)9-8-12(15)16/h11H,2,5-9H2,1,3-4H3/t11-,14+,15+/m0/s1. The molecule has 2 saturated carbocycles. The topological polar surface area (TPSA) is 43.4 Å². The van der Waals surface area contributed by atoms with Gasteiger partial charge in [0.05, 0.1) is 6.61 Å². The fraction of sp³-hybridized carbons (Fsp3) is 0.733. The molecular formula is C15H22O3. The van der Waals surface area contributed by atoms with Gasteiger partial charge in [-0.15, -0.1) is 0 Å². The van der Waals surface area contributed by atoms with Crippen molar-refractivity contribution < 1.29 is 14.3 Å². The average molecular weight is 250 g/mol. The monoisotopic (exact) mass is 250 g/mol. The molecule has 0 amide bonds. The zero-order valence-corrected chi connectivity index (χ0v) is 11.5. The molecule has 3 heteroatoms.